The molecule has 2 aromatic rings. The summed E-state index contributed by atoms with van der Waals surface area (Å²) in [7, 11) is 0. The average Bonchev–Trinajstić information content (AvgIpc) is 2.36. The number of aromatic hydroxyl groups is 1. The molecule has 0 radical (unpaired) electrons. The van der Waals surface area contributed by atoms with Gasteiger partial charge >= 0.3 is 0 Å². The molecule has 0 amide bonds. The smallest absolute Gasteiger partial charge is 0.115 e. The van der Waals surface area contributed by atoms with Gasteiger partial charge in [0.15, 0.2) is 0 Å². The molecule has 3 rings (SSSR count). The van der Waals surface area contributed by atoms with Gasteiger partial charge in [-0.15, -0.1) is 0 Å². The van der Waals surface area contributed by atoms with Gasteiger partial charge in [-0.25, -0.2) is 0 Å². The summed E-state index contributed by atoms with van der Waals surface area (Å²) in [4.78, 5) is 0. The van der Waals surface area contributed by atoms with Crippen LogP contribution in [-0.2, 0) is 0 Å². The van der Waals surface area contributed by atoms with Crippen molar-refractivity contribution in [2.45, 2.75) is 31.7 Å². The normalized spacial score (nSPS) is 21.7. The van der Waals surface area contributed by atoms with Crippen LogP contribution in [0.25, 0.3) is 0 Å². The number of rotatable bonds is 3. The summed E-state index contributed by atoms with van der Waals surface area (Å²) in [6, 6.07) is 16.8. The molecule has 98 valence electrons. The van der Waals surface area contributed by atoms with E-state index in [0.717, 1.165) is 11.3 Å². The van der Waals surface area contributed by atoms with Crippen molar-refractivity contribution < 1.29 is 5.11 Å². The highest BCUT2D eigenvalue weighted by atomic mass is 16.3. The minimum absolute atomic E-state index is 0.332. The molecule has 0 atom stereocenters. The highest BCUT2D eigenvalue weighted by molar-refractivity contribution is 5.54. The number of phenols is 1. The standard InChI is InChI=1S/C17H19NO/c1-12-9-16(19)7-8-17(12)18-15-10-14(11-15)13-5-3-2-4-6-13/h2-9,14-15,18-19H,10-11H2,1H3. The van der Waals surface area contributed by atoms with Gasteiger partial charge in [0.1, 0.15) is 5.75 Å². The number of hydrogen-bond acceptors (Lipinski definition) is 2. The molecule has 1 aliphatic rings. The number of anilines is 1. The molecule has 2 aromatic carbocycles. The largest absolute Gasteiger partial charge is 0.508 e. The average molecular weight is 253 g/mol. The van der Waals surface area contributed by atoms with Crippen molar-refractivity contribution >= 4 is 5.69 Å². The SMILES string of the molecule is Cc1cc(O)ccc1NC1CC(c2ccccc2)C1. The Kier molecular flexibility index (Phi) is 3.16. The number of hydrogen-bond donors (Lipinski definition) is 2. The Bertz CT molecular complexity index is 559. The molecule has 2 N–H and O–H groups in total. The highest BCUT2D eigenvalue weighted by Crippen LogP contribution is 2.38. The molecule has 2 heteroatoms. The molecule has 0 unspecified atom stereocenters. The zero-order valence-electron chi connectivity index (χ0n) is 11.1. The predicted molar refractivity (Wildman–Crippen MR) is 78.7 cm³/mol. The van der Waals surface area contributed by atoms with Crippen LogP contribution in [0.4, 0.5) is 5.69 Å². The van der Waals surface area contributed by atoms with E-state index in [1.54, 1.807) is 12.1 Å². The summed E-state index contributed by atoms with van der Waals surface area (Å²) < 4.78 is 0. The summed E-state index contributed by atoms with van der Waals surface area (Å²) in [5.41, 5.74) is 3.68. The summed E-state index contributed by atoms with van der Waals surface area (Å²) in [6.07, 6.45) is 2.37. The molecule has 1 saturated carbocycles. The lowest BCUT2D eigenvalue weighted by molar-refractivity contribution is 0.374. The maximum atomic E-state index is 9.41. The van der Waals surface area contributed by atoms with Crippen molar-refractivity contribution in [3.05, 3.63) is 59.7 Å². The van der Waals surface area contributed by atoms with Gasteiger partial charge in [0.05, 0.1) is 0 Å². The van der Waals surface area contributed by atoms with E-state index >= 15 is 0 Å². The molecule has 1 aliphatic carbocycles. The lowest BCUT2D eigenvalue weighted by atomic mass is 9.76. The van der Waals surface area contributed by atoms with Crippen molar-refractivity contribution in [3.63, 3.8) is 0 Å². The lowest BCUT2D eigenvalue weighted by Crippen LogP contribution is -2.34. The minimum Gasteiger partial charge on any atom is -0.508 e. The Morgan fingerprint density at radius 2 is 1.79 bits per heavy atom. The van der Waals surface area contributed by atoms with Crippen molar-refractivity contribution in [2.24, 2.45) is 0 Å². The first kappa shape index (κ1) is 12.1. The Labute approximate surface area is 114 Å². The third-order valence-electron chi connectivity index (χ3n) is 3.98. The van der Waals surface area contributed by atoms with E-state index in [2.05, 4.69) is 35.6 Å². The monoisotopic (exact) mass is 253 g/mol. The van der Waals surface area contributed by atoms with Gasteiger partial charge in [-0.05, 0) is 55.0 Å². The van der Waals surface area contributed by atoms with E-state index in [0.29, 0.717) is 17.7 Å². The topological polar surface area (TPSA) is 32.3 Å². The Morgan fingerprint density at radius 3 is 2.47 bits per heavy atom. The van der Waals surface area contributed by atoms with Gasteiger partial charge in [0, 0.05) is 11.7 Å². The van der Waals surface area contributed by atoms with Crippen LogP contribution in [0, 0.1) is 6.92 Å². The lowest BCUT2D eigenvalue weighted by Gasteiger charge is -2.37. The van der Waals surface area contributed by atoms with E-state index in [4.69, 9.17) is 0 Å². The van der Waals surface area contributed by atoms with Crippen molar-refractivity contribution in [2.75, 3.05) is 5.32 Å². The van der Waals surface area contributed by atoms with Crippen LogP contribution in [0.2, 0.25) is 0 Å². The fourth-order valence-electron chi connectivity index (χ4n) is 2.76. The first-order valence-electron chi connectivity index (χ1n) is 6.83. The van der Waals surface area contributed by atoms with Gasteiger partial charge in [0.2, 0.25) is 0 Å². The molecule has 0 aromatic heterocycles. The minimum atomic E-state index is 0.332. The van der Waals surface area contributed by atoms with Gasteiger partial charge in [-0.3, -0.25) is 0 Å². The van der Waals surface area contributed by atoms with Gasteiger partial charge < -0.3 is 10.4 Å². The molecular formula is C17H19NO. The van der Waals surface area contributed by atoms with Crippen LogP contribution < -0.4 is 5.32 Å². The van der Waals surface area contributed by atoms with Crippen molar-refractivity contribution in [1.29, 1.82) is 0 Å². The summed E-state index contributed by atoms with van der Waals surface area (Å²) in [5, 5.41) is 13.0. The second-order valence-electron chi connectivity index (χ2n) is 5.42. The summed E-state index contributed by atoms with van der Waals surface area (Å²) in [5.74, 6) is 1.02. The van der Waals surface area contributed by atoms with Crippen LogP contribution in [-0.4, -0.2) is 11.1 Å². The van der Waals surface area contributed by atoms with E-state index in [1.807, 2.05) is 13.0 Å². The quantitative estimate of drug-likeness (QED) is 0.808. The van der Waals surface area contributed by atoms with Crippen LogP contribution in [0.5, 0.6) is 5.75 Å². The van der Waals surface area contributed by atoms with Crippen molar-refractivity contribution in [1.82, 2.24) is 0 Å². The second kappa shape index (κ2) is 4.96. The van der Waals surface area contributed by atoms with Gasteiger partial charge in [-0.1, -0.05) is 30.3 Å². The zero-order chi connectivity index (χ0) is 13.2. The molecule has 1 fully saturated rings. The molecular weight excluding hydrogens is 234 g/mol. The van der Waals surface area contributed by atoms with Crippen LogP contribution in [0.1, 0.15) is 29.9 Å². The number of benzene rings is 2. The maximum absolute atomic E-state index is 9.41. The summed E-state index contributed by atoms with van der Waals surface area (Å²) >= 11 is 0. The van der Waals surface area contributed by atoms with E-state index in [9.17, 15) is 5.11 Å². The molecule has 0 saturated heterocycles. The second-order valence-corrected chi connectivity index (χ2v) is 5.42. The zero-order valence-corrected chi connectivity index (χ0v) is 11.1. The first-order valence-corrected chi connectivity index (χ1v) is 6.83. The first-order chi connectivity index (χ1) is 9.22. The Balaban J connectivity index is 1.60. The Hall–Kier alpha value is -1.96. The number of aryl methyl sites for hydroxylation is 1. The molecule has 0 heterocycles. The van der Waals surface area contributed by atoms with Crippen molar-refractivity contribution in [3.8, 4) is 5.75 Å². The van der Waals surface area contributed by atoms with Gasteiger partial charge in [0.25, 0.3) is 0 Å². The molecule has 0 aliphatic heterocycles. The number of nitrogens with one attached hydrogen (secondary N) is 1. The summed E-state index contributed by atoms with van der Waals surface area (Å²) in [6.45, 7) is 2.02. The van der Waals surface area contributed by atoms with Crippen LogP contribution in [0.3, 0.4) is 0 Å². The molecule has 2 nitrogen and oxygen atoms in total. The fourth-order valence-corrected chi connectivity index (χ4v) is 2.76. The highest BCUT2D eigenvalue weighted by Gasteiger charge is 2.30. The van der Waals surface area contributed by atoms with E-state index in [-0.39, 0.29) is 0 Å². The van der Waals surface area contributed by atoms with E-state index in [1.165, 1.54) is 18.4 Å². The molecule has 19 heavy (non-hydrogen) atoms. The maximum Gasteiger partial charge on any atom is 0.115 e. The van der Waals surface area contributed by atoms with Gasteiger partial charge in [-0.2, -0.15) is 0 Å². The third-order valence-corrected chi connectivity index (χ3v) is 3.98. The fraction of sp³-hybridized carbons (Fsp3) is 0.294. The Morgan fingerprint density at radius 1 is 1.05 bits per heavy atom. The number of phenolic OH excluding ortho intramolecular Hbond substituents is 1. The van der Waals surface area contributed by atoms with Crippen LogP contribution in [0.15, 0.2) is 48.5 Å². The molecule has 0 bridgehead atoms. The predicted octanol–water partition coefficient (Wildman–Crippen LogP) is 4.06. The molecule has 0 spiro atoms. The van der Waals surface area contributed by atoms with Crippen LogP contribution >= 0.6 is 0 Å². The third kappa shape index (κ3) is 2.58. The van der Waals surface area contributed by atoms with E-state index < -0.39 is 0 Å².